The first-order chi connectivity index (χ1) is 16.2. The Morgan fingerprint density at radius 3 is 2.47 bits per heavy atom. The number of fused-ring (bicyclic) bond motifs is 1. The van der Waals surface area contributed by atoms with Gasteiger partial charge in [-0.3, -0.25) is 9.69 Å². The number of para-hydroxylation sites is 2. The topological polar surface area (TPSA) is 106 Å². The lowest BCUT2D eigenvalue weighted by Gasteiger charge is -2.32. The van der Waals surface area contributed by atoms with E-state index in [2.05, 4.69) is 10.2 Å². The Bertz CT molecular complexity index is 1280. The number of aromatic nitrogens is 2. The van der Waals surface area contributed by atoms with Gasteiger partial charge in [-0.15, -0.1) is 0 Å². The number of benzene rings is 2. The SMILES string of the molecule is COc1ccccc1OCC(=O)Nc1ccc2c(c1)nc(CN1CCN(S(C)(=O)=O)CC1)n2C. The third kappa shape index (κ3) is 5.49. The largest absolute Gasteiger partial charge is 0.493 e. The Hall–Kier alpha value is -3.15. The molecular formula is C23H29N5O5S. The lowest BCUT2D eigenvalue weighted by molar-refractivity contribution is -0.118. The van der Waals surface area contributed by atoms with Gasteiger partial charge in [0.05, 0.1) is 30.9 Å². The van der Waals surface area contributed by atoms with Gasteiger partial charge in [0.1, 0.15) is 5.82 Å². The van der Waals surface area contributed by atoms with Crippen LogP contribution in [0, 0.1) is 0 Å². The van der Waals surface area contributed by atoms with Gasteiger partial charge in [0, 0.05) is 38.9 Å². The molecule has 2 heterocycles. The molecule has 0 saturated carbocycles. The third-order valence-electron chi connectivity index (χ3n) is 5.85. The fourth-order valence-electron chi connectivity index (χ4n) is 3.97. The highest BCUT2D eigenvalue weighted by atomic mass is 32.2. The smallest absolute Gasteiger partial charge is 0.262 e. The van der Waals surface area contributed by atoms with Crippen molar-refractivity contribution in [3.8, 4) is 11.5 Å². The zero-order valence-electron chi connectivity index (χ0n) is 19.5. The first-order valence-corrected chi connectivity index (χ1v) is 12.8. The summed E-state index contributed by atoms with van der Waals surface area (Å²) in [5.41, 5.74) is 2.36. The molecule has 0 unspecified atom stereocenters. The Kier molecular flexibility index (Phi) is 7.05. The third-order valence-corrected chi connectivity index (χ3v) is 7.15. The van der Waals surface area contributed by atoms with E-state index in [1.807, 2.05) is 41.9 Å². The Morgan fingerprint density at radius 1 is 1.09 bits per heavy atom. The van der Waals surface area contributed by atoms with Crippen molar-refractivity contribution >= 4 is 32.7 Å². The van der Waals surface area contributed by atoms with Gasteiger partial charge in [0.2, 0.25) is 10.0 Å². The van der Waals surface area contributed by atoms with Crippen molar-refractivity contribution in [2.45, 2.75) is 6.54 Å². The molecular weight excluding hydrogens is 458 g/mol. The van der Waals surface area contributed by atoms with E-state index in [1.165, 1.54) is 10.6 Å². The maximum atomic E-state index is 12.4. The average Bonchev–Trinajstić information content (AvgIpc) is 3.12. The lowest BCUT2D eigenvalue weighted by atomic mass is 10.2. The Morgan fingerprint density at radius 2 is 1.79 bits per heavy atom. The van der Waals surface area contributed by atoms with E-state index in [4.69, 9.17) is 14.5 Å². The minimum Gasteiger partial charge on any atom is -0.493 e. The zero-order chi connectivity index (χ0) is 24.3. The first-order valence-electron chi connectivity index (χ1n) is 10.9. The summed E-state index contributed by atoms with van der Waals surface area (Å²) in [7, 11) is 0.352. The number of nitrogens with one attached hydrogen (secondary N) is 1. The molecule has 10 nitrogen and oxygen atoms in total. The second-order valence-corrected chi connectivity index (χ2v) is 10.2. The molecule has 1 N–H and O–H groups in total. The maximum absolute atomic E-state index is 12.4. The van der Waals surface area contributed by atoms with E-state index >= 15 is 0 Å². The van der Waals surface area contributed by atoms with Crippen molar-refractivity contribution in [2.24, 2.45) is 7.05 Å². The summed E-state index contributed by atoms with van der Waals surface area (Å²) in [6.45, 7) is 2.75. The van der Waals surface area contributed by atoms with E-state index in [-0.39, 0.29) is 12.5 Å². The number of methoxy groups -OCH3 is 1. The van der Waals surface area contributed by atoms with Crippen molar-refractivity contribution in [3.05, 3.63) is 48.3 Å². The van der Waals surface area contributed by atoms with Crippen LogP contribution in [0.5, 0.6) is 11.5 Å². The highest BCUT2D eigenvalue weighted by Gasteiger charge is 2.24. The fraction of sp³-hybridized carbons (Fsp3) is 0.391. The van der Waals surface area contributed by atoms with E-state index in [0.29, 0.717) is 49.9 Å². The summed E-state index contributed by atoms with van der Waals surface area (Å²) in [6, 6.07) is 12.7. The van der Waals surface area contributed by atoms with Gasteiger partial charge in [-0.25, -0.2) is 13.4 Å². The zero-order valence-corrected chi connectivity index (χ0v) is 20.3. The van der Waals surface area contributed by atoms with Crippen LogP contribution in [0.2, 0.25) is 0 Å². The van der Waals surface area contributed by atoms with Crippen LogP contribution in [0.4, 0.5) is 5.69 Å². The summed E-state index contributed by atoms with van der Waals surface area (Å²) in [4.78, 5) is 19.3. The molecule has 0 aliphatic carbocycles. The molecule has 1 aromatic heterocycles. The predicted molar refractivity (Wildman–Crippen MR) is 130 cm³/mol. The van der Waals surface area contributed by atoms with E-state index in [1.54, 1.807) is 19.2 Å². The summed E-state index contributed by atoms with van der Waals surface area (Å²) in [5.74, 6) is 1.66. The highest BCUT2D eigenvalue weighted by molar-refractivity contribution is 7.88. The summed E-state index contributed by atoms with van der Waals surface area (Å²) < 4.78 is 37.8. The summed E-state index contributed by atoms with van der Waals surface area (Å²) >= 11 is 0. The molecule has 0 bridgehead atoms. The van der Waals surface area contributed by atoms with Gasteiger partial charge >= 0.3 is 0 Å². The standard InChI is InChI=1S/C23H29N5O5S/c1-26-19-9-8-17(24-23(29)16-33-21-7-5-4-6-20(21)32-2)14-18(19)25-22(26)15-27-10-12-28(13-11-27)34(3,30)31/h4-9,14H,10-13,15-16H2,1-3H3,(H,24,29). The fourth-order valence-corrected chi connectivity index (χ4v) is 4.79. The number of imidazole rings is 1. The Balaban J connectivity index is 1.38. The Labute approximate surface area is 199 Å². The van der Waals surface area contributed by atoms with Crippen molar-refractivity contribution in [1.29, 1.82) is 0 Å². The first kappa shape index (κ1) is 24.0. The second-order valence-electron chi connectivity index (χ2n) is 8.22. The van der Waals surface area contributed by atoms with Crippen molar-refractivity contribution in [1.82, 2.24) is 18.8 Å². The number of hydrogen-bond donors (Lipinski definition) is 1. The van der Waals surface area contributed by atoms with Crippen molar-refractivity contribution in [2.75, 3.05) is 51.5 Å². The van der Waals surface area contributed by atoms with Crippen molar-refractivity contribution in [3.63, 3.8) is 0 Å². The highest BCUT2D eigenvalue weighted by Crippen LogP contribution is 2.26. The van der Waals surface area contributed by atoms with E-state index in [9.17, 15) is 13.2 Å². The minimum absolute atomic E-state index is 0.147. The van der Waals surface area contributed by atoms with E-state index < -0.39 is 10.0 Å². The van der Waals surface area contributed by atoms with Crippen LogP contribution in [-0.4, -0.2) is 79.2 Å². The van der Waals surface area contributed by atoms with Crippen LogP contribution in [0.3, 0.4) is 0 Å². The number of aryl methyl sites for hydroxylation is 1. The number of anilines is 1. The van der Waals surface area contributed by atoms with Crippen LogP contribution >= 0.6 is 0 Å². The van der Waals surface area contributed by atoms with Gasteiger partial charge < -0.3 is 19.4 Å². The number of rotatable bonds is 8. The molecule has 11 heteroatoms. The summed E-state index contributed by atoms with van der Waals surface area (Å²) in [5, 5.41) is 2.84. The van der Waals surface area contributed by atoms with Gasteiger partial charge in [0.15, 0.2) is 18.1 Å². The van der Waals surface area contributed by atoms with Gasteiger partial charge in [-0.1, -0.05) is 12.1 Å². The number of carbonyl (C=O) groups is 1. The monoisotopic (exact) mass is 487 g/mol. The maximum Gasteiger partial charge on any atom is 0.262 e. The number of sulfonamides is 1. The molecule has 4 rings (SSSR count). The van der Waals surface area contributed by atoms with Crippen LogP contribution in [0.1, 0.15) is 5.82 Å². The molecule has 182 valence electrons. The van der Waals surface area contributed by atoms with Gasteiger partial charge in [-0.2, -0.15) is 4.31 Å². The molecule has 1 fully saturated rings. The van der Waals surface area contributed by atoms with Crippen LogP contribution in [-0.2, 0) is 28.4 Å². The molecule has 0 spiro atoms. The molecule has 2 aromatic carbocycles. The van der Waals surface area contributed by atoms with Gasteiger partial charge in [-0.05, 0) is 30.3 Å². The second kappa shape index (κ2) is 10.00. The molecule has 34 heavy (non-hydrogen) atoms. The lowest BCUT2D eigenvalue weighted by Crippen LogP contribution is -2.48. The number of hydrogen-bond acceptors (Lipinski definition) is 7. The molecule has 1 saturated heterocycles. The normalized spacial score (nSPS) is 15.4. The number of ether oxygens (including phenoxy) is 2. The van der Waals surface area contributed by atoms with Crippen LogP contribution in [0.15, 0.2) is 42.5 Å². The molecule has 3 aromatic rings. The number of nitrogens with zero attached hydrogens (tertiary/aromatic N) is 4. The average molecular weight is 488 g/mol. The minimum atomic E-state index is -3.15. The molecule has 0 radical (unpaired) electrons. The molecule has 1 amide bonds. The molecule has 0 atom stereocenters. The van der Waals surface area contributed by atoms with E-state index in [0.717, 1.165) is 16.9 Å². The van der Waals surface area contributed by atoms with Crippen molar-refractivity contribution < 1.29 is 22.7 Å². The number of piperazine rings is 1. The van der Waals surface area contributed by atoms with Crippen LogP contribution < -0.4 is 14.8 Å². The quantitative estimate of drug-likeness (QED) is 0.515. The summed E-state index contributed by atoms with van der Waals surface area (Å²) in [6.07, 6.45) is 1.25. The number of amides is 1. The molecule has 1 aliphatic heterocycles. The molecule has 1 aliphatic rings. The number of carbonyl (C=O) groups excluding carboxylic acids is 1. The van der Waals surface area contributed by atoms with Gasteiger partial charge in [0.25, 0.3) is 5.91 Å². The van der Waals surface area contributed by atoms with Crippen LogP contribution in [0.25, 0.3) is 11.0 Å². The predicted octanol–water partition coefficient (Wildman–Crippen LogP) is 1.68.